The van der Waals surface area contributed by atoms with E-state index in [1.54, 1.807) is 0 Å². The molecule has 3 heterocycles. The van der Waals surface area contributed by atoms with E-state index < -0.39 is 0 Å². The Bertz CT molecular complexity index is 475. The summed E-state index contributed by atoms with van der Waals surface area (Å²) in [6.07, 6.45) is 3.80. The summed E-state index contributed by atoms with van der Waals surface area (Å²) >= 11 is 0. The number of pyridine rings is 1. The van der Waals surface area contributed by atoms with Gasteiger partial charge in [0, 0.05) is 18.8 Å². The van der Waals surface area contributed by atoms with Crippen LogP contribution in [-0.4, -0.2) is 9.38 Å². The first-order chi connectivity index (χ1) is 6.36. The van der Waals surface area contributed by atoms with Gasteiger partial charge in [-0.3, -0.25) is 0 Å². The van der Waals surface area contributed by atoms with Crippen LogP contribution in [0.4, 0.5) is 0 Å². The van der Waals surface area contributed by atoms with Gasteiger partial charge in [0.15, 0.2) is 0 Å². The summed E-state index contributed by atoms with van der Waals surface area (Å²) in [5, 5.41) is 3.36. The summed E-state index contributed by atoms with van der Waals surface area (Å²) in [6, 6.07) is 2.19. The molecule has 2 aromatic rings. The molecule has 0 saturated heterocycles. The van der Waals surface area contributed by atoms with Crippen LogP contribution in [0.15, 0.2) is 18.6 Å². The summed E-state index contributed by atoms with van der Waals surface area (Å²) in [5.74, 6) is 0. The largest absolute Gasteiger partial charge is 0.307 e. The monoisotopic (exact) mass is 209 g/mol. The molecule has 0 atom stereocenters. The topological polar surface area (TPSA) is 29.3 Å². The lowest BCUT2D eigenvalue weighted by atomic mass is 10.1. The predicted octanol–water partition coefficient (Wildman–Crippen LogP) is 1.67. The minimum atomic E-state index is 0. The van der Waals surface area contributed by atoms with Gasteiger partial charge in [0.25, 0.3) is 0 Å². The quantitative estimate of drug-likeness (QED) is 0.715. The Balaban J connectivity index is 0.000000750. The third-order valence-electron chi connectivity index (χ3n) is 2.74. The number of halogens is 1. The smallest absolute Gasteiger partial charge is 0.0994 e. The van der Waals surface area contributed by atoms with Gasteiger partial charge in [-0.1, -0.05) is 0 Å². The van der Waals surface area contributed by atoms with E-state index in [2.05, 4.69) is 27.7 Å². The van der Waals surface area contributed by atoms with Gasteiger partial charge < -0.3 is 9.72 Å². The van der Waals surface area contributed by atoms with Crippen LogP contribution in [0.2, 0.25) is 0 Å². The molecule has 0 aliphatic carbocycles. The zero-order chi connectivity index (χ0) is 8.84. The van der Waals surface area contributed by atoms with Crippen LogP contribution in [0.3, 0.4) is 0 Å². The van der Waals surface area contributed by atoms with Crippen molar-refractivity contribution in [3.05, 3.63) is 35.4 Å². The fourth-order valence-electron chi connectivity index (χ4n) is 2.06. The number of hydrogen-bond acceptors (Lipinski definition) is 2. The lowest BCUT2D eigenvalue weighted by molar-refractivity contribution is 0.752. The van der Waals surface area contributed by atoms with Crippen LogP contribution in [0.5, 0.6) is 0 Å². The van der Waals surface area contributed by atoms with Crippen molar-refractivity contribution in [2.45, 2.75) is 20.0 Å². The van der Waals surface area contributed by atoms with Crippen LogP contribution in [0, 0.1) is 6.92 Å². The molecule has 0 aromatic carbocycles. The Kier molecular flexibility index (Phi) is 2.21. The maximum Gasteiger partial charge on any atom is 0.0994 e. The van der Waals surface area contributed by atoms with Gasteiger partial charge >= 0.3 is 0 Å². The van der Waals surface area contributed by atoms with Crippen molar-refractivity contribution >= 4 is 17.9 Å². The molecule has 14 heavy (non-hydrogen) atoms. The van der Waals surface area contributed by atoms with E-state index in [0.29, 0.717) is 0 Å². The lowest BCUT2D eigenvalue weighted by Gasteiger charge is -2.05. The summed E-state index contributed by atoms with van der Waals surface area (Å²) in [7, 11) is 0. The molecule has 0 radical (unpaired) electrons. The predicted molar refractivity (Wildman–Crippen MR) is 57.7 cm³/mol. The average Bonchev–Trinajstić information content (AvgIpc) is 2.66. The summed E-state index contributed by atoms with van der Waals surface area (Å²) in [6.45, 7) is 4.12. The number of hydrogen-bond donors (Lipinski definition) is 1. The van der Waals surface area contributed by atoms with E-state index in [-0.39, 0.29) is 12.4 Å². The van der Waals surface area contributed by atoms with Gasteiger partial charge in [-0.05, 0) is 24.1 Å². The molecule has 0 amide bonds. The van der Waals surface area contributed by atoms with Crippen LogP contribution in [-0.2, 0) is 13.1 Å². The molecule has 1 N–H and O–H groups in total. The number of rotatable bonds is 0. The van der Waals surface area contributed by atoms with Gasteiger partial charge in [-0.2, -0.15) is 0 Å². The van der Waals surface area contributed by atoms with Gasteiger partial charge in [0.1, 0.15) is 0 Å². The van der Waals surface area contributed by atoms with E-state index in [0.717, 1.165) is 13.1 Å². The first-order valence-electron chi connectivity index (χ1n) is 4.50. The maximum absolute atomic E-state index is 4.16. The highest BCUT2D eigenvalue weighted by Crippen LogP contribution is 2.21. The zero-order valence-corrected chi connectivity index (χ0v) is 8.77. The lowest BCUT2D eigenvalue weighted by Crippen LogP contribution is -2.01. The van der Waals surface area contributed by atoms with Crippen LogP contribution >= 0.6 is 12.4 Å². The molecule has 2 aromatic heterocycles. The normalized spacial score (nSPS) is 14.1. The zero-order valence-electron chi connectivity index (χ0n) is 7.95. The van der Waals surface area contributed by atoms with Crippen LogP contribution in [0.1, 0.15) is 16.8 Å². The minimum absolute atomic E-state index is 0. The van der Waals surface area contributed by atoms with E-state index in [1.165, 1.54) is 22.3 Å². The summed E-state index contributed by atoms with van der Waals surface area (Å²) in [4.78, 5) is 4.16. The molecule has 3 rings (SSSR count). The Morgan fingerprint density at radius 2 is 2.29 bits per heavy atom. The van der Waals surface area contributed by atoms with E-state index in [1.807, 2.05) is 12.5 Å². The number of nitrogens with one attached hydrogen (secondary N) is 1. The standard InChI is InChI=1S/C10H11N3.ClH/c1-7-2-8-3-12-6-13(8)10-5-11-4-9(7)10;/h2-3,6,11H,4-5H2,1H3;1H. The second-order valence-electron chi connectivity index (χ2n) is 3.54. The second-order valence-corrected chi connectivity index (χ2v) is 3.54. The number of nitrogens with zero attached hydrogens (tertiary/aromatic N) is 2. The summed E-state index contributed by atoms with van der Waals surface area (Å²) < 4.78 is 2.17. The van der Waals surface area contributed by atoms with Crippen molar-refractivity contribution in [2.75, 3.05) is 0 Å². The number of aromatic nitrogens is 2. The minimum Gasteiger partial charge on any atom is -0.307 e. The Morgan fingerprint density at radius 3 is 3.14 bits per heavy atom. The number of imidazole rings is 1. The maximum atomic E-state index is 4.16. The van der Waals surface area contributed by atoms with Gasteiger partial charge in [-0.25, -0.2) is 4.98 Å². The Morgan fingerprint density at radius 1 is 1.43 bits per heavy atom. The fourth-order valence-corrected chi connectivity index (χ4v) is 2.06. The van der Waals surface area contributed by atoms with Crippen molar-refractivity contribution in [3.8, 4) is 0 Å². The molecule has 0 spiro atoms. The molecular formula is C10H12ClN3. The van der Waals surface area contributed by atoms with Gasteiger partial charge in [0.05, 0.1) is 18.0 Å². The second kappa shape index (κ2) is 3.26. The Hall–Kier alpha value is -1.06. The fraction of sp³-hybridized carbons (Fsp3) is 0.300. The summed E-state index contributed by atoms with van der Waals surface area (Å²) in [5.41, 5.74) is 5.37. The van der Waals surface area contributed by atoms with Gasteiger partial charge in [-0.15, -0.1) is 12.4 Å². The number of fused-ring (bicyclic) bond motifs is 3. The highest BCUT2D eigenvalue weighted by atomic mass is 35.5. The van der Waals surface area contributed by atoms with Gasteiger partial charge in [0.2, 0.25) is 0 Å². The van der Waals surface area contributed by atoms with Crippen molar-refractivity contribution < 1.29 is 0 Å². The first-order valence-corrected chi connectivity index (χ1v) is 4.50. The SMILES string of the molecule is Cc1cc2cncn2c2c1CNC2.Cl. The average molecular weight is 210 g/mol. The molecule has 0 fully saturated rings. The van der Waals surface area contributed by atoms with E-state index >= 15 is 0 Å². The molecular weight excluding hydrogens is 198 g/mol. The highest BCUT2D eigenvalue weighted by Gasteiger charge is 2.15. The molecule has 0 bridgehead atoms. The van der Waals surface area contributed by atoms with E-state index in [9.17, 15) is 0 Å². The molecule has 1 aliphatic rings. The van der Waals surface area contributed by atoms with Crippen molar-refractivity contribution in [3.63, 3.8) is 0 Å². The first kappa shape index (κ1) is 9.49. The van der Waals surface area contributed by atoms with Crippen LogP contribution < -0.4 is 5.32 Å². The number of aryl methyl sites for hydroxylation is 1. The Labute approximate surface area is 88.6 Å². The molecule has 74 valence electrons. The third kappa shape index (κ3) is 1.13. The molecule has 4 heteroatoms. The molecule has 0 saturated carbocycles. The molecule has 1 aliphatic heterocycles. The van der Waals surface area contributed by atoms with Crippen molar-refractivity contribution in [1.82, 2.24) is 14.7 Å². The van der Waals surface area contributed by atoms with E-state index in [4.69, 9.17) is 0 Å². The van der Waals surface area contributed by atoms with Crippen molar-refractivity contribution in [1.29, 1.82) is 0 Å². The van der Waals surface area contributed by atoms with Crippen molar-refractivity contribution in [2.24, 2.45) is 0 Å². The molecule has 0 unspecified atom stereocenters. The molecule has 3 nitrogen and oxygen atoms in total. The highest BCUT2D eigenvalue weighted by molar-refractivity contribution is 5.85. The third-order valence-corrected chi connectivity index (χ3v) is 2.74. The van der Waals surface area contributed by atoms with Crippen LogP contribution in [0.25, 0.3) is 5.52 Å².